The van der Waals surface area contributed by atoms with E-state index in [2.05, 4.69) is 56.9 Å². The molecule has 0 atom stereocenters. The van der Waals surface area contributed by atoms with Crippen LogP contribution in [0.15, 0.2) is 95.5 Å². The van der Waals surface area contributed by atoms with Crippen molar-refractivity contribution in [2.24, 2.45) is 0 Å². The Morgan fingerprint density at radius 1 is 0.750 bits per heavy atom. The Morgan fingerprint density at radius 3 is 1.78 bits per heavy atom. The molecule has 4 rings (SSSR count). The van der Waals surface area contributed by atoms with Crippen molar-refractivity contribution >= 4 is 21.9 Å². The average Bonchev–Trinajstić information content (AvgIpc) is 3.12. The predicted octanol–water partition coefficient (Wildman–Crippen LogP) is 6.79. The van der Waals surface area contributed by atoms with Crippen molar-refractivity contribution in [1.82, 2.24) is 4.57 Å². The Bertz CT molecular complexity index is 1170. The lowest BCUT2D eigenvalue weighted by Crippen LogP contribution is -2.11. The maximum atomic E-state index is 11.1. The molecule has 0 saturated heterocycles. The first-order valence-corrected chi connectivity index (χ1v) is 11.3. The van der Waals surface area contributed by atoms with Gasteiger partial charge in [-0.15, -0.1) is 0 Å². The third-order valence-electron chi connectivity index (χ3n) is 5.11. The second-order valence-electron chi connectivity index (χ2n) is 7.29. The standard InChI is InChI=1S/C27H24BrNO3/c1-20(30)32-18-17-31-19-29-26(22-13-7-3-8-14-22)24(21-11-5-2-6-12-21)25(28)27(29)23-15-9-4-10-16-23/h2-16H,17-19H2,1H3. The molecule has 4 nitrogen and oxygen atoms in total. The summed E-state index contributed by atoms with van der Waals surface area (Å²) in [6.45, 7) is 2.26. The zero-order valence-electron chi connectivity index (χ0n) is 17.8. The predicted molar refractivity (Wildman–Crippen MR) is 131 cm³/mol. The number of carbonyl (C=O) groups excluding carboxylic acids is 1. The zero-order chi connectivity index (χ0) is 22.3. The molecule has 1 heterocycles. The van der Waals surface area contributed by atoms with Gasteiger partial charge in [0.15, 0.2) is 0 Å². The summed E-state index contributed by atoms with van der Waals surface area (Å²) in [5, 5.41) is 0. The van der Waals surface area contributed by atoms with Gasteiger partial charge in [0.2, 0.25) is 0 Å². The minimum atomic E-state index is -0.307. The molecule has 0 aliphatic carbocycles. The molecule has 0 N–H and O–H groups in total. The Kier molecular flexibility index (Phi) is 7.20. The fourth-order valence-electron chi connectivity index (χ4n) is 3.76. The van der Waals surface area contributed by atoms with Gasteiger partial charge in [-0.05, 0) is 32.6 Å². The van der Waals surface area contributed by atoms with E-state index in [1.807, 2.05) is 54.6 Å². The van der Waals surface area contributed by atoms with Crippen molar-refractivity contribution in [3.8, 4) is 33.6 Å². The normalized spacial score (nSPS) is 10.8. The van der Waals surface area contributed by atoms with E-state index < -0.39 is 0 Å². The van der Waals surface area contributed by atoms with Gasteiger partial charge in [-0.1, -0.05) is 91.0 Å². The summed E-state index contributed by atoms with van der Waals surface area (Å²) in [5.74, 6) is -0.307. The molecule has 5 heteroatoms. The van der Waals surface area contributed by atoms with Gasteiger partial charge in [0.1, 0.15) is 13.3 Å². The van der Waals surface area contributed by atoms with Crippen molar-refractivity contribution in [2.75, 3.05) is 13.2 Å². The number of hydrogen-bond donors (Lipinski definition) is 0. The molecular weight excluding hydrogens is 466 g/mol. The first kappa shape index (κ1) is 22.1. The third-order valence-corrected chi connectivity index (χ3v) is 5.89. The highest BCUT2D eigenvalue weighted by Gasteiger charge is 2.24. The van der Waals surface area contributed by atoms with Crippen molar-refractivity contribution in [1.29, 1.82) is 0 Å². The molecule has 0 spiro atoms. The van der Waals surface area contributed by atoms with Crippen LogP contribution in [0.1, 0.15) is 6.92 Å². The van der Waals surface area contributed by atoms with Gasteiger partial charge in [0, 0.05) is 12.5 Å². The lowest BCUT2D eigenvalue weighted by Gasteiger charge is -2.15. The van der Waals surface area contributed by atoms with Crippen LogP contribution in [0.5, 0.6) is 0 Å². The van der Waals surface area contributed by atoms with Gasteiger partial charge in [-0.25, -0.2) is 0 Å². The molecule has 0 aliphatic rings. The van der Waals surface area contributed by atoms with Crippen LogP contribution in [0.2, 0.25) is 0 Å². The molecule has 1 aromatic heterocycles. The van der Waals surface area contributed by atoms with Crippen LogP contribution in [0.3, 0.4) is 0 Å². The number of rotatable bonds is 8. The van der Waals surface area contributed by atoms with Crippen LogP contribution in [0.4, 0.5) is 0 Å². The molecule has 0 fully saturated rings. The fraction of sp³-hybridized carbons (Fsp3) is 0.148. The lowest BCUT2D eigenvalue weighted by molar-refractivity contribution is -0.142. The number of nitrogens with zero attached hydrogens (tertiary/aromatic N) is 1. The van der Waals surface area contributed by atoms with Crippen molar-refractivity contribution in [3.63, 3.8) is 0 Å². The summed E-state index contributed by atoms with van der Waals surface area (Å²) < 4.78 is 14.2. The number of benzene rings is 3. The first-order valence-electron chi connectivity index (χ1n) is 10.5. The number of halogens is 1. The number of hydrogen-bond acceptors (Lipinski definition) is 3. The van der Waals surface area contributed by atoms with E-state index in [1.165, 1.54) is 6.92 Å². The lowest BCUT2D eigenvalue weighted by atomic mass is 10.0. The SMILES string of the molecule is CC(=O)OCCOCn1c(-c2ccccc2)c(Br)c(-c2ccccc2)c1-c1ccccc1. The van der Waals surface area contributed by atoms with E-state index in [4.69, 9.17) is 9.47 Å². The van der Waals surface area contributed by atoms with Crippen molar-refractivity contribution in [3.05, 3.63) is 95.5 Å². The molecule has 32 heavy (non-hydrogen) atoms. The first-order chi connectivity index (χ1) is 15.7. The van der Waals surface area contributed by atoms with Crippen LogP contribution < -0.4 is 0 Å². The van der Waals surface area contributed by atoms with Gasteiger partial charge in [-0.3, -0.25) is 4.79 Å². The van der Waals surface area contributed by atoms with Gasteiger partial charge in [-0.2, -0.15) is 0 Å². The highest BCUT2D eigenvalue weighted by molar-refractivity contribution is 9.10. The van der Waals surface area contributed by atoms with Gasteiger partial charge < -0.3 is 14.0 Å². The quantitative estimate of drug-likeness (QED) is 0.202. The molecule has 4 aromatic rings. The van der Waals surface area contributed by atoms with Crippen LogP contribution in [0, 0.1) is 0 Å². The summed E-state index contributed by atoms with van der Waals surface area (Å²) in [7, 11) is 0. The van der Waals surface area contributed by atoms with Crippen molar-refractivity contribution < 1.29 is 14.3 Å². The minimum Gasteiger partial charge on any atom is -0.463 e. The summed E-state index contributed by atoms with van der Waals surface area (Å²) in [5.41, 5.74) is 6.51. The average molecular weight is 490 g/mol. The van der Waals surface area contributed by atoms with E-state index in [1.54, 1.807) is 0 Å². The van der Waals surface area contributed by atoms with Crippen LogP contribution in [0.25, 0.3) is 33.6 Å². The van der Waals surface area contributed by atoms with Gasteiger partial charge >= 0.3 is 5.97 Å². The number of ether oxygens (including phenoxy) is 2. The molecular formula is C27H24BrNO3. The van der Waals surface area contributed by atoms with Crippen molar-refractivity contribution in [2.45, 2.75) is 13.7 Å². The summed E-state index contributed by atoms with van der Waals surface area (Å²) >= 11 is 3.92. The molecule has 162 valence electrons. The molecule has 0 aliphatic heterocycles. The molecule has 3 aromatic carbocycles. The van der Waals surface area contributed by atoms with E-state index >= 15 is 0 Å². The topological polar surface area (TPSA) is 40.5 Å². The summed E-state index contributed by atoms with van der Waals surface area (Å²) in [6.07, 6.45) is 0. The zero-order valence-corrected chi connectivity index (χ0v) is 19.4. The van der Waals surface area contributed by atoms with E-state index in [9.17, 15) is 4.79 Å². The number of aromatic nitrogens is 1. The van der Waals surface area contributed by atoms with Crippen LogP contribution >= 0.6 is 15.9 Å². The van der Waals surface area contributed by atoms with Gasteiger partial charge in [0.05, 0.1) is 22.5 Å². The maximum absolute atomic E-state index is 11.1. The number of esters is 1. The second kappa shape index (κ2) is 10.4. The monoisotopic (exact) mass is 489 g/mol. The molecule has 0 unspecified atom stereocenters. The van der Waals surface area contributed by atoms with Crippen LogP contribution in [-0.2, 0) is 21.0 Å². The van der Waals surface area contributed by atoms with E-state index in [0.29, 0.717) is 13.3 Å². The largest absolute Gasteiger partial charge is 0.463 e. The highest BCUT2D eigenvalue weighted by Crippen LogP contribution is 2.46. The van der Waals surface area contributed by atoms with Gasteiger partial charge in [0.25, 0.3) is 0 Å². The highest BCUT2D eigenvalue weighted by atomic mass is 79.9. The van der Waals surface area contributed by atoms with E-state index in [-0.39, 0.29) is 12.6 Å². The fourth-order valence-corrected chi connectivity index (χ4v) is 4.62. The third kappa shape index (κ3) is 4.85. The molecule has 0 radical (unpaired) electrons. The maximum Gasteiger partial charge on any atom is 0.302 e. The molecule has 0 amide bonds. The molecule has 0 saturated carbocycles. The van der Waals surface area contributed by atoms with E-state index in [0.717, 1.165) is 38.1 Å². The number of carbonyl (C=O) groups is 1. The Labute approximate surface area is 196 Å². The smallest absolute Gasteiger partial charge is 0.302 e. The summed E-state index contributed by atoms with van der Waals surface area (Å²) in [6, 6.07) is 30.9. The minimum absolute atomic E-state index is 0.227. The van der Waals surface area contributed by atoms with Crippen LogP contribution in [-0.4, -0.2) is 23.8 Å². The Morgan fingerprint density at radius 2 is 1.25 bits per heavy atom. The second-order valence-corrected chi connectivity index (χ2v) is 8.08. The molecule has 0 bridgehead atoms. The Balaban J connectivity index is 1.87. The Hall–Kier alpha value is -3.15. The summed E-state index contributed by atoms with van der Waals surface area (Å²) in [4.78, 5) is 11.1.